The number of aliphatic carboxylic acids is 1. The van der Waals surface area contributed by atoms with E-state index in [2.05, 4.69) is 19.2 Å². The van der Waals surface area contributed by atoms with Gasteiger partial charge in [0.15, 0.2) is 0 Å². The Labute approximate surface area is 272 Å². The number of benzene rings is 1. The number of carboxylic acids is 1. The number of allylic oxidation sites excluding steroid dienone is 1. The number of carbonyl (C=O) groups excluding carboxylic acids is 2. The fraction of sp³-hybridized carbons (Fsp3) is 0.500. The number of ether oxygens (including phenoxy) is 3. The van der Waals surface area contributed by atoms with E-state index >= 15 is 0 Å². The minimum absolute atomic E-state index is 0.136. The zero-order valence-corrected chi connectivity index (χ0v) is 27.6. The highest BCUT2D eigenvalue weighted by Gasteiger charge is 2.61. The number of rotatable bonds is 6. The van der Waals surface area contributed by atoms with Crippen molar-refractivity contribution in [2.24, 2.45) is 5.92 Å². The molecule has 1 saturated carbocycles. The molecule has 2 fully saturated rings. The van der Waals surface area contributed by atoms with Gasteiger partial charge in [-0.05, 0) is 51.2 Å². The molecule has 6 rings (SSSR count). The fourth-order valence-corrected chi connectivity index (χ4v) is 7.26. The van der Waals surface area contributed by atoms with Gasteiger partial charge in [-0.1, -0.05) is 26.0 Å². The lowest BCUT2D eigenvalue weighted by Gasteiger charge is -2.28. The quantitative estimate of drug-likeness (QED) is 0.359. The van der Waals surface area contributed by atoms with Gasteiger partial charge in [-0.15, -0.1) is 11.3 Å². The first-order valence-electron chi connectivity index (χ1n) is 15.8. The maximum atomic E-state index is 13.8. The second-order valence-corrected chi connectivity index (χ2v) is 13.5. The van der Waals surface area contributed by atoms with Gasteiger partial charge in [-0.3, -0.25) is 9.59 Å². The van der Waals surface area contributed by atoms with E-state index in [4.69, 9.17) is 24.2 Å². The Kier molecular flexibility index (Phi) is 8.77. The van der Waals surface area contributed by atoms with Crippen molar-refractivity contribution >= 4 is 40.0 Å². The number of carbonyl (C=O) groups is 3. The number of hydrogen-bond acceptors (Lipinski definition) is 9. The molecule has 12 heteroatoms. The van der Waals surface area contributed by atoms with Crippen LogP contribution in [0.1, 0.15) is 63.6 Å². The molecule has 0 radical (unpaired) electrons. The summed E-state index contributed by atoms with van der Waals surface area (Å²) >= 11 is 1.51. The van der Waals surface area contributed by atoms with E-state index in [1.54, 1.807) is 14.0 Å². The summed E-state index contributed by atoms with van der Waals surface area (Å²) in [5.74, 6) is -0.717. The molecular formula is C34H40N4O7S. The zero-order chi connectivity index (χ0) is 32.7. The molecule has 11 nitrogen and oxygen atoms in total. The van der Waals surface area contributed by atoms with Crippen molar-refractivity contribution in [1.82, 2.24) is 20.2 Å². The van der Waals surface area contributed by atoms with Gasteiger partial charge in [0.05, 0.1) is 24.9 Å². The summed E-state index contributed by atoms with van der Waals surface area (Å²) in [5.41, 5.74) is 1.81. The molecule has 5 unspecified atom stereocenters. The lowest BCUT2D eigenvalue weighted by molar-refractivity contribution is -0.149. The second-order valence-electron chi connectivity index (χ2n) is 12.7. The van der Waals surface area contributed by atoms with Crippen LogP contribution < -0.4 is 14.8 Å². The molecule has 1 aromatic carbocycles. The Morgan fingerprint density at radius 2 is 2.04 bits per heavy atom. The van der Waals surface area contributed by atoms with E-state index in [9.17, 15) is 19.5 Å². The van der Waals surface area contributed by atoms with E-state index in [0.29, 0.717) is 48.6 Å². The molecule has 2 aliphatic heterocycles. The standard InChI is InChI=1S/C34H40N4O7S/c1-18(2)25-17-46-31(36-25)24-14-28(23-10-11-27(43-5)19(3)29(23)35-24)45-22-13-26-30(39)37-34(33(41)42)15-21(34)9-7-6-8-12-44-20(4)32(40)38(26)16-22/h7,9-11,14,17-18,20-22,26H,6,8,12-13,15-16H2,1-5H3,(H,37,39)(H,41,42). The normalized spacial score (nSPS) is 26.8. The Hall–Kier alpha value is -4.03. The highest BCUT2D eigenvalue weighted by molar-refractivity contribution is 7.13. The number of nitrogens with one attached hydrogen (secondary N) is 1. The van der Waals surface area contributed by atoms with E-state index < -0.39 is 35.7 Å². The van der Waals surface area contributed by atoms with Crippen LogP contribution >= 0.6 is 11.3 Å². The molecule has 1 saturated heterocycles. The molecule has 4 heterocycles. The molecule has 5 atom stereocenters. The number of thiazole rings is 1. The fourth-order valence-electron chi connectivity index (χ4n) is 6.32. The van der Waals surface area contributed by atoms with Gasteiger partial charge < -0.3 is 29.5 Å². The van der Waals surface area contributed by atoms with Gasteiger partial charge in [0.2, 0.25) is 5.91 Å². The van der Waals surface area contributed by atoms with Crippen LogP contribution in [0.5, 0.6) is 11.5 Å². The average Bonchev–Trinajstić information content (AvgIpc) is 3.33. The van der Waals surface area contributed by atoms with Crippen molar-refractivity contribution in [1.29, 1.82) is 0 Å². The summed E-state index contributed by atoms with van der Waals surface area (Å²) in [6, 6.07) is 4.70. The maximum absolute atomic E-state index is 13.8. The number of amides is 2. The van der Waals surface area contributed by atoms with E-state index in [1.807, 2.05) is 42.7 Å². The van der Waals surface area contributed by atoms with Crippen molar-refractivity contribution < 1.29 is 33.7 Å². The average molecular weight is 649 g/mol. The molecular weight excluding hydrogens is 608 g/mol. The zero-order valence-electron chi connectivity index (χ0n) is 26.7. The second kappa shape index (κ2) is 12.6. The number of nitrogens with zero attached hydrogens (tertiary/aromatic N) is 3. The van der Waals surface area contributed by atoms with Crippen LogP contribution in [0.25, 0.3) is 21.6 Å². The number of carboxylic acid groups (broad SMARTS) is 1. The van der Waals surface area contributed by atoms with Crippen molar-refractivity contribution in [3.63, 3.8) is 0 Å². The SMILES string of the molecule is COc1ccc2c(OC3CC4C(=O)NC5(C(=O)O)CC5C=CCCCOC(C)C(=O)N4C3)cc(-c3nc(C(C)C)cs3)nc2c1C. The van der Waals surface area contributed by atoms with Crippen molar-refractivity contribution in [3.05, 3.63) is 47.0 Å². The molecule has 0 spiro atoms. The van der Waals surface area contributed by atoms with Gasteiger partial charge in [0, 0.05) is 41.3 Å². The third-order valence-corrected chi connectivity index (χ3v) is 10.1. The Morgan fingerprint density at radius 3 is 2.76 bits per heavy atom. The molecule has 46 heavy (non-hydrogen) atoms. The topological polar surface area (TPSA) is 140 Å². The van der Waals surface area contributed by atoms with E-state index in [0.717, 1.165) is 21.7 Å². The van der Waals surface area contributed by atoms with Crippen LogP contribution in [0.2, 0.25) is 0 Å². The number of aryl methyl sites for hydroxylation is 1. The van der Waals surface area contributed by atoms with Crippen LogP contribution in [0.15, 0.2) is 35.7 Å². The first-order valence-corrected chi connectivity index (χ1v) is 16.6. The first-order chi connectivity index (χ1) is 22.0. The minimum Gasteiger partial charge on any atom is -0.496 e. The third-order valence-electron chi connectivity index (χ3n) is 9.18. The highest BCUT2D eigenvalue weighted by atomic mass is 32.1. The molecule has 3 aliphatic rings. The number of methoxy groups -OCH3 is 1. The predicted octanol–water partition coefficient (Wildman–Crippen LogP) is 4.86. The van der Waals surface area contributed by atoms with Crippen LogP contribution in [0, 0.1) is 12.8 Å². The van der Waals surface area contributed by atoms with Gasteiger partial charge in [-0.25, -0.2) is 14.8 Å². The summed E-state index contributed by atoms with van der Waals surface area (Å²) in [6.45, 7) is 8.32. The molecule has 0 bridgehead atoms. The maximum Gasteiger partial charge on any atom is 0.330 e. The summed E-state index contributed by atoms with van der Waals surface area (Å²) < 4.78 is 18.1. The van der Waals surface area contributed by atoms with Crippen LogP contribution in [0.4, 0.5) is 0 Å². The number of hydrogen-bond donors (Lipinski definition) is 2. The first kappa shape index (κ1) is 31.9. The molecule has 244 valence electrons. The van der Waals surface area contributed by atoms with Crippen LogP contribution in [-0.4, -0.2) is 81.8 Å². The lowest BCUT2D eigenvalue weighted by atomic mass is 10.1. The molecule has 3 aromatic rings. The monoisotopic (exact) mass is 648 g/mol. The minimum atomic E-state index is -1.37. The largest absolute Gasteiger partial charge is 0.496 e. The molecule has 2 N–H and O–H groups in total. The van der Waals surface area contributed by atoms with E-state index in [-0.39, 0.29) is 30.7 Å². The molecule has 1 aliphatic carbocycles. The highest BCUT2D eigenvalue weighted by Crippen LogP contribution is 2.45. The van der Waals surface area contributed by atoms with Gasteiger partial charge in [0.25, 0.3) is 5.91 Å². The Balaban J connectivity index is 1.35. The number of aromatic nitrogens is 2. The lowest BCUT2D eigenvalue weighted by Crippen LogP contribution is -2.54. The Bertz CT molecular complexity index is 1700. The Morgan fingerprint density at radius 1 is 1.24 bits per heavy atom. The van der Waals surface area contributed by atoms with Crippen LogP contribution in [0.3, 0.4) is 0 Å². The predicted molar refractivity (Wildman–Crippen MR) is 173 cm³/mol. The molecule has 2 aromatic heterocycles. The van der Waals surface area contributed by atoms with Crippen LogP contribution in [-0.2, 0) is 19.1 Å². The number of fused-ring (bicyclic) bond motifs is 3. The summed E-state index contributed by atoms with van der Waals surface area (Å²) in [4.78, 5) is 51.0. The van der Waals surface area contributed by atoms with Gasteiger partial charge in [-0.2, -0.15) is 0 Å². The van der Waals surface area contributed by atoms with Crippen molar-refractivity contribution in [2.45, 2.75) is 83.1 Å². The van der Waals surface area contributed by atoms with Gasteiger partial charge >= 0.3 is 5.97 Å². The van der Waals surface area contributed by atoms with Crippen molar-refractivity contribution in [2.75, 3.05) is 20.3 Å². The summed E-state index contributed by atoms with van der Waals surface area (Å²) in [5, 5.41) is 16.4. The van der Waals surface area contributed by atoms with E-state index in [1.165, 1.54) is 16.2 Å². The van der Waals surface area contributed by atoms with Gasteiger partial charge in [0.1, 0.15) is 46.0 Å². The summed E-state index contributed by atoms with van der Waals surface area (Å²) in [7, 11) is 1.62. The third kappa shape index (κ3) is 5.95. The van der Waals surface area contributed by atoms with Crippen molar-refractivity contribution in [3.8, 4) is 22.2 Å². The molecule has 2 amide bonds. The smallest absolute Gasteiger partial charge is 0.330 e. The summed E-state index contributed by atoms with van der Waals surface area (Å²) in [6.07, 6.45) is 4.34. The number of pyridine rings is 1.